The Hall–Kier alpha value is -0.910. The van der Waals surface area contributed by atoms with Gasteiger partial charge in [-0.2, -0.15) is 0 Å². The van der Waals surface area contributed by atoms with Crippen molar-refractivity contribution >= 4 is 34.9 Å². The van der Waals surface area contributed by atoms with Gasteiger partial charge in [0.2, 0.25) is 0 Å². The minimum Gasteiger partial charge on any atom is -0.381 e. The van der Waals surface area contributed by atoms with Gasteiger partial charge in [-0.3, -0.25) is 0 Å². The van der Waals surface area contributed by atoms with Gasteiger partial charge in [-0.1, -0.05) is 11.6 Å². The molecular weight excluding hydrogens is 287 g/mol. The van der Waals surface area contributed by atoms with Crippen LogP contribution in [-0.2, 0) is 4.74 Å². The van der Waals surface area contributed by atoms with Crippen molar-refractivity contribution in [2.45, 2.75) is 31.4 Å². The van der Waals surface area contributed by atoms with Gasteiger partial charge in [0, 0.05) is 19.2 Å². The van der Waals surface area contributed by atoms with Crippen LogP contribution in [0.1, 0.15) is 25.3 Å². The molecule has 1 N–H and O–H groups in total. The number of methoxy groups -OCH3 is 1. The van der Waals surface area contributed by atoms with E-state index >= 15 is 0 Å². The Morgan fingerprint density at radius 2 is 2.26 bits per heavy atom. The molecule has 2 atom stereocenters. The molecule has 1 aliphatic carbocycles. The molecule has 3 rings (SSSR count). The standard InChI is InChI=1S/C13H14ClFN2OS/c1-18-8-3-2-7(4-8)17-12-5-9(14)10(15)6-11(12)16-13(17)19/h5-8H,2-4H2,1H3,(H,16,19). The van der Waals surface area contributed by atoms with E-state index in [4.69, 9.17) is 28.6 Å². The van der Waals surface area contributed by atoms with E-state index in [9.17, 15) is 4.39 Å². The molecule has 2 aromatic rings. The molecule has 1 saturated carbocycles. The first-order chi connectivity index (χ1) is 9.10. The lowest BCUT2D eigenvalue weighted by Crippen LogP contribution is -2.09. The summed E-state index contributed by atoms with van der Waals surface area (Å²) < 4.78 is 21.5. The van der Waals surface area contributed by atoms with Crippen LogP contribution >= 0.6 is 23.8 Å². The van der Waals surface area contributed by atoms with E-state index < -0.39 is 5.82 Å². The van der Waals surface area contributed by atoms with Crippen molar-refractivity contribution in [3.63, 3.8) is 0 Å². The lowest BCUT2D eigenvalue weighted by Gasteiger charge is -2.13. The summed E-state index contributed by atoms with van der Waals surface area (Å²) in [5.74, 6) is -0.432. The van der Waals surface area contributed by atoms with Crippen LogP contribution < -0.4 is 0 Å². The lowest BCUT2D eigenvalue weighted by molar-refractivity contribution is 0.106. The van der Waals surface area contributed by atoms with Crippen molar-refractivity contribution in [1.29, 1.82) is 0 Å². The van der Waals surface area contributed by atoms with Gasteiger partial charge in [0.15, 0.2) is 4.77 Å². The number of hydrogen-bond acceptors (Lipinski definition) is 2. The van der Waals surface area contributed by atoms with Crippen LogP contribution in [-0.4, -0.2) is 22.8 Å². The maximum Gasteiger partial charge on any atom is 0.178 e. The van der Waals surface area contributed by atoms with Crippen molar-refractivity contribution in [1.82, 2.24) is 9.55 Å². The van der Waals surface area contributed by atoms with Gasteiger partial charge in [0.1, 0.15) is 5.82 Å². The number of nitrogens with zero attached hydrogens (tertiary/aromatic N) is 1. The third kappa shape index (κ3) is 2.20. The summed E-state index contributed by atoms with van der Waals surface area (Å²) in [6.07, 6.45) is 3.22. The van der Waals surface area contributed by atoms with Crippen molar-refractivity contribution in [2.24, 2.45) is 0 Å². The number of H-pyrrole nitrogens is 1. The Bertz CT molecular complexity index is 681. The molecule has 1 aromatic heterocycles. The summed E-state index contributed by atoms with van der Waals surface area (Å²) in [5, 5.41) is 0.122. The van der Waals surface area contributed by atoms with Gasteiger partial charge in [-0.25, -0.2) is 4.39 Å². The zero-order valence-corrected chi connectivity index (χ0v) is 12.0. The minimum atomic E-state index is -0.432. The summed E-state index contributed by atoms with van der Waals surface area (Å²) >= 11 is 11.2. The molecule has 6 heteroatoms. The number of benzene rings is 1. The van der Waals surface area contributed by atoms with Crippen LogP contribution in [0.4, 0.5) is 4.39 Å². The van der Waals surface area contributed by atoms with Gasteiger partial charge in [-0.15, -0.1) is 0 Å². The highest BCUT2D eigenvalue weighted by molar-refractivity contribution is 7.71. The Kier molecular flexibility index (Phi) is 3.37. The lowest BCUT2D eigenvalue weighted by atomic mass is 10.2. The molecular formula is C13H14ClFN2OS. The topological polar surface area (TPSA) is 29.9 Å². The Balaban J connectivity index is 2.11. The summed E-state index contributed by atoms with van der Waals surface area (Å²) in [6.45, 7) is 0. The highest BCUT2D eigenvalue weighted by Crippen LogP contribution is 2.35. The van der Waals surface area contributed by atoms with Gasteiger partial charge in [-0.05, 0) is 37.5 Å². The van der Waals surface area contributed by atoms with Crippen LogP contribution in [0.25, 0.3) is 11.0 Å². The molecule has 1 aliphatic rings. The van der Waals surface area contributed by atoms with Crippen molar-refractivity contribution in [3.05, 3.63) is 27.7 Å². The Morgan fingerprint density at radius 1 is 1.47 bits per heavy atom. The molecule has 1 heterocycles. The van der Waals surface area contributed by atoms with Crippen LogP contribution in [0.3, 0.4) is 0 Å². The first-order valence-electron chi connectivity index (χ1n) is 6.22. The highest BCUT2D eigenvalue weighted by atomic mass is 35.5. The number of rotatable bonds is 2. The largest absolute Gasteiger partial charge is 0.381 e. The molecule has 0 spiro atoms. The number of nitrogens with one attached hydrogen (secondary N) is 1. The summed E-state index contributed by atoms with van der Waals surface area (Å²) in [4.78, 5) is 3.04. The van der Waals surface area contributed by atoms with E-state index in [1.807, 2.05) is 4.57 Å². The third-order valence-corrected chi connectivity index (χ3v) is 4.40. The maximum atomic E-state index is 13.5. The Labute approximate surface area is 120 Å². The monoisotopic (exact) mass is 300 g/mol. The van der Waals surface area contributed by atoms with Gasteiger partial charge in [0.05, 0.1) is 22.2 Å². The number of fused-ring (bicyclic) bond motifs is 1. The second kappa shape index (κ2) is 4.89. The highest BCUT2D eigenvalue weighted by Gasteiger charge is 2.27. The predicted molar refractivity (Wildman–Crippen MR) is 75.8 cm³/mol. The smallest absolute Gasteiger partial charge is 0.178 e. The van der Waals surface area contributed by atoms with E-state index in [0.717, 1.165) is 24.8 Å². The van der Waals surface area contributed by atoms with Crippen LogP contribution in [0.15, 0.2) is 12.1 Å². The van der Waals surface area contributed by atoms with Gasteiger partial charge >= 0.3 is 0 Å². The normalized spacial score (nSPS) is 23.3. The molecule has 0 saturated heterocycles. The number of hydrogen-bond donors (Lipinski definition) is 1. The Morgan fingerprint density at radius 3 is 2.95 bits per heavy atom. The molecule has 0 aliphatic heterocycles. The number of ether oxygens (including phenoxy) is 1. The zero-order valence-electron chi connectivity index (χ0n) is 10.5. The van der Waals surface area contributed by atoms with E-state index in [1.54, 1.807) is 13.2 Å². The third-order valence-electron chi connectivity index (χ3n) is 3.81. The average molecular weight is 301 g/mol. The van der Waals surface area contributed by atoms with Crippen molar-refractivity contribution < 1.29 is 9.13 Å². The molecule has 0 bridgehead atoms. The van der Waals surface area contributed by atoms with E-state index in [2.05, 4.69) is 4.98 Å². The fourth-order valence-corrected chi connectivity index (χ4v) is 3.36. The summed E-state index contributed by atoms with van der Waals surface area (Å²) in [7, 11) is 1.73. The number of imidazole rings is 1. The molecule has 3 nitrogen and oxygen atoms in total. The molecule has 1 aromatic carbocycles. The van der Waals surface area contributed by atoms with E-state index in [-0.39, 0.29) is 17.2 Å². The maximum absolute atomic E-state index is 13.5. The number of halogens is 2. The van der Waals surface area contributed by atoms with Crippen molar-refractivity contribution in [3.8, 4) is 0 Å². The van der Waals surface area contributed by atoms with Gasteiger partial charge in [0.25, 0.3) is 0 Å². The molecule has 19 heavy (non-hydrogen) atoms. The second-order valence-corrected chi connectivity index (χ2v) is 5.70. The SMILES string of the molecule is COC1CCC(n2c(=S)[nH]c3cc(F)c(Cl)cc32)C1. The van der Waals surface area contributed by atoms with Crippen LogP contribution in [0.2, 0.25) is 5.02 Å². The molecule has 102 valence electrons. The molecule has 1 fully saturated rings. The first-order valence-corrected chi connectivity index (χ1v) is 7.01. The average Bonchev–Trinajstić information content (AvgIpc) is 2.94. The van der Waals surface area contributed by atoms with Crippen LogP contribution in [0.5, 0.6) is 0 Å². The van der Waals surface area contributed by atoms with Crippen molar-refractivity contribution in [2.75, 3.05) is 7.11 Å². The first kappa shape index (κ1) is 13.1. The molecule has 2 unspecified atom stereocenters. The molecule has 0 radical (unpaired) electrons. The minimum absolute atomic E-state index is 0.122. The fraction of sp³-hybridized carbons (Fsp3) is 0.462. The zero-order chi connectivity index (χ0) is 13.6. The quantitative estimate of drug-likeness (QED) is 0.841. The molecule has 0 amide bonds. The predicted octanol–water partition coefficient (Wildman–Crippen LogP) is 4.23. The van der Waals surface area contributed by atoms with Gasteiger partial charge < -0.3 is 14.3 Å². The number of aromatic nitrogens is 2. The fourth-order valence-electron chi connectivity index (χ4n) is 2.85. The second-order valence-electron chi connectivity index (χ2n) is 4.91. The summed E-state index contributed by atoms with van der Waals surface area (Å²) in [5.41, 5.74) is 1.55. The summed E-state index contributed by atoms with van der Waals surface area (Å²) in [6, 6.07) is 3.32. The van der Waals surface area contributed by atoms with E-state index in [1.165, 1.54) is 6.07 Å². The van der Waals surface area contributed by atoms with E-state index in [0.29, 0.717) is 10.3 Å². The number of aromatic amines is 1. The van der Waals surface area contributed by atoms with Crippen LogP contribution in [0, 0.1) is 10.6 Å².